The number of carbonyl (C=O) groups excluding carboxylic acids is 3. The largest absolute Gasteiger partial charge is 0.508 e. The molecule has 0 heterocycles. The van der Waals surface area contributed by atoms with E-state index >= 15 is 0 Å². The van der Waals surface area contributed by atoms with Gasteiger partial charge in [0.15, 0.2) is 0 Å². The Morgan fingerprint density at radius 3 is 2.34 bits per heavy atom. The highest BCUT2D eigenvalue weighted by atomic mass is 16.6. The number of ether oxygens (including phenoxy) is 1. The van der Waals surface area contributed by atoms with Crippen molar-refractivity contribution in [3.63, 3.8) is 0 Å². The normalized spacial score (nSPS) is 15.3. The minimum absolute atomic E-state index is 0.0530. The van der Waals surface area contributed by atoms with E-state index in [0.717, 1.165) is 54.4 Å². The van der Waals surface area contributed by atoms with Crippen molar-refractivity contribution in [2.45, 2.75) is 96.9 Å². The van der Waals surface area contributed by atoms with Crippen LogP contribution in [0.4, 0.5) is 4.79 Å². The summed E-state index contributed by atoms with van der Waals surface area (Å²) in [4.78, 5) is 42.8. The quantitative estimate of drug-likeness (QED) is 0.324. The van der Waals surface area contributed by atoms with E-state index in [0.29, 0.717) is 0 Å². The Balaban J connectivity index is 2.03. The molecule has 2 aromatic rings. The van der Waals surface area contributed by atoms with E-state index in [4.69, 9.17) is 4.74 Å². The summed E-state index contributed by atoms with van der Waals surface area (Å²) in [6.45, 7) is 13.1. The minimum Gasteiger partial charge on any atom is -0.508 e. The van der Waals surface area contributed by atoms with Gasteiger partial charge in [-0.05, 0) is 81.8 Å². The van der Waals surface area contributed by atoms with E-state index in [1.165, 1.54) is 17.0 Å². The SMILES string of the molecule is C=CCN(C(=O)C(Cc1ccc(O)cc1)NC(=O)OC(C)(C)C)C(C(=O)NC1CCCCC1)c1cccc(C)c1C. The predicted molar refractivity (Wildman–Crippen MR) is 161 cm³/mol. The second-order valence-electron chi connectivity index (χ2n) is 11.9. The number of amides is 3. The molecule has 1 aliphatic carbocycles. The third kappa shape index (κ3) is 9.10. The van der Waals surface area contributed by atoms with E-state index < -0.39 is 29.7 Å². The zero-order valence-corrected chi connectivity index (χ0v) is 25.0. The topological polar surface area (TPSA) is 108 Å². The lowest BCUT2D eigenvalue weighted by atomic mass is 9.92. The summed E-state index contributed by atoms with van der Waals surface area (Å²) in [5.74, 6) is -0.589. The van der Waals surface area contributed by atoms with Crippen LogP contribution in [0.15, 0.2) is 55.1 Å². The molecule has 0 aliphatic heterocycles. The monoisotopic (exact) mass is 563 g/mol. The van der Waals surface area contributed by atoms with Crippen molar-refractivity contribution in [1.29, 1.82) is 0 Å². The second kappa shape index (κ2) is 14.2. The van der Waals surface area contributed by atoms with Gasteiger partial charge in [0.05, 0.1) is 0 Å². The molecule has 41 heavy (non-hydrogen) atoms. The number of hydrogen-bond acceptors (Lipinski definition) is 5. The Bertz CT molecular complexity index is 1210. The highest BCUT2D eigenvalue weighted by molar-refractivity contribution is 5.92. The van der Waals surface area contributed by atoms with Crippen LogP contribution in [0.2, 0.25) is 0 Å². The molecule has 1 fully saturated rings. The molecule has 2 aromatic carbocycles. The number of nitrogens with one attached hydrogen (secondary N) is 2. The Morgan fingerprint density at radius 1 is 1.07 bits per heavy atom. The smallest absolute Gasteiger partial charge is 0.408 e. The fourth-order valence-corrected chi connectivity index (χ4v) is 5.23. The molecule has 1 aliphatic rings. The predicted octanol–water partition coefficient (Wildman–Crippen LogP) is 5.65. The lowest BCUT2D eigenvalue weighted by Gasteiger charge is -2.36. The van der Waals surface area contributed by atoms with Crippen LogP contribution in [0.25, 0.3) is 0 Å². The van der Waals surface area contributed by atoms with Gasteiger partial charge >= 0.3 is 6.09 Å². The van der Waals surface area contributed by atoms with Crippen molar-refractivity contribution in [2.75, 3.05) is 6.54 Å². The van der Waals surface area contributed by atoms with Crippen LogP contribution >= 0.6 is 0 Å². The highest BCUT2D eigenvalue weighted by Crippen LogP contribution is 2.29. The molecule has 0 radical (unpaired) electrons. The fourth-order valence-electron chi connectivity index (χ4n) is 5.23. The Labute approximate surface area is 244 Å². The zero-order chi connectivity index (χ0) is 30.2. The van der Waals surface area contributed by atoms with Gasteiger partial charge in [0.1, 0.15) is 23.4 Å². The van der Waals surface area contributed by atoms with Gasteiger partial charge in [-0.2, -0.15) is 0 Å². The number of phenols is 1. The van der Waals surface area contributed by atoms with E-state index in [1.807, 2.05) is 32.0 Å². The van der Waals surface area contributed by atoms with Crippen molar-refractivity contribution >= 4 is 17.9 Å². The molecule has 1 saturated carbocycles. The first kappa shape index (κ1) is 31.7. The third-order valence-electron chi connectivity index (χ3n) is 7.43. The first-order valence-corrected chi connectivity index (χ1v) is 14.4. The van der Waals surface area contributed by atoms with Crippen molar-refractivity contribution in [1.82, 2.24) is 15.5 Å². The highest BCUT2D eigenvalue weighted by Gasteiger charge is 2.37. The number of aryl methyl sites for hydroxylation is 1. The van der Waals surface area contributed by atoms with Crippen molar-refractivity contribution < 1.29 is 24.2 Å². The number of phenolic OH excluding ortho intramolecular Hbond substituents is 1. The lowest BCUT2D eigenvalue weighted by Crippen LogP contribution is -2.54. The molecular weight excluding hydrogens is 518 g/mol. The molecule has 0 aromatic heterocycles. The number of benzene rings is 2. The Morgan fingerprint density at radius 2 is 1.73 bits per heavy atom. The van der Waals surface area contributed by atoms with Gasteiger partial charge in [0.2, 0.25) is 11.8 Å². The van der Waals surface area contributed by atoms with Crippen LogP contribution in [0.1, 0.15) is 81.2 Å². The third-order valence-corrected chi connectivity index (χ3v) is 7.43. The molecule has 0 spiro atoms. The maximum Gasteiger partial charge on any atom is 0.408 e. The maximum absolute atomic E-state index is 14.4. The summed E-state index contributed by atoms with van der Waals surface area (Å²) in [6.07, 6.45) is 6.08. The molecule has 0 saturated heterocycles. The number of nitrogens with zero attached hydrogens (tertiary/aromatic N) is 1. The number of hydrogen-bond donors (Lipinski definition) is 3. The van der Waals surface area contributed by atoms with E-state index in [2.05, 4.69) is 17.2 Å². The first-order chi connectivity index (χ1) is 19.4. The maximum atomic E-state index is 14.4. The molecule has 3 amide bonds. The van der Waals surface area contributed by atoms with Gasteiger partial charge in [0, 0.05) is 19.0 Å². The van der Waals surface area contributed by atoms with Crippen LogP contribution in [0.3, 0.4) is 0 Å². The average molecular weight is 564 g/mol. The molecule has 222 valence electrons. The Kier molecular flexibility index (Phi) is 11.0. The van der Waals surface area contributed by atoms with Crippen LogP contribution < -0.4 is 10.6 Å². The molecule has 2 atom stereocenters. The van der Waals surface area contributed by atoms with Crippen LogP contribution in [-0.2, 0) is 20.7 Å². The van der Waals surface area contributed by atoms with Gasteiger partial charge in [0.25, 0.3) is 0 Å². The summed E-state index contributed by atoms with van der Waals surface area (Å²) in [7, 11) is 0. The van der Waals surface area contributed by atoms with Gasteiger partial charge in [-0.15, -0.1) is 6.58 Å². The van der Waals surface area contributed by atoms with Gasteiger partial charge < -0.3 is 25.4 Å². The summed E-state index contributed by atoms with van der Waals surface area (Å²) in [5.41, 5.74) is 2.63. The van der Waals surface area contributed by atoms with Crippen molar-refractivity contribution in [3.8, 4) is 5.75 Å². The van der Waals surface area contributed by atoms with Gasteiger partial charge in [-0.3, -0.25) is 9.59 Å². The average Bonchev–Trinajstić information content (AvgIpc) is 2.90. The van der Waals surface area contributed by atoms with Gasteiger partial charge in [-0.1, -0.05) is 55.7 Å². The zero-order valence-electron chi connectivity index (χ0n) is 25.0. The second-order valence-corrected chi connectivity index (χ2v) is 11.9. The molecule has 3 rings (SSSR count). The molecule has 2 unspecified atom stereocenters. The van der Waals surface area contributed by atoms with Crippen molar-refractivity contribution in [2.24, 2.45) is 0 Å². The summed E-state index contributed by atoms with van der Waals surface area (Å²) >= 11 is 0. The number of alkyl carbamates (subject to hydrolysis) is 1. The number of rotatable bonds is 10. The van der Waals surface area contributed by atoms with E-state index in [-0.39, 0.29) is 30.7 Å². The summed E-state index contributed by atoms with van der Waals surface area (Å²) < 4.78 is 5.48. The van der Waals surface area contributed by atoms with Crippen molar-refractivity contribution in [3.05, 3.63) is 77.4 Å². The molecule has 3 N–H and O–H groups in total. The van der Waals surface area contributed by atoms with E-state index in [9.17, 15) is 19.5 Å². The van der Waals surface area contributed by atoms with Crippen LogP contribution in [0, 0.1) is 13.8 Å². The number of aromatic hydroxyl groups is 1. The number of carbonyl (C=O) groups is 3. The molecule has 8 nitrogen and oxygen atoms in total. The lowest BCUT2D eigenvalue weighted by molar-refractivity contribution is -0.142. The molecule has 8 heteroatoms. The molecule has 0 bridgehead atoms. The first-order valence-electron chi connectivity index (χ1n) is 14.4. The molecular formula is C33H45N3O5. The Hall–Kier alpha value is -3.81. The van der Waals surface area contributed by atoms with Gasteiger partial charge in [-0.25, -0.2) is 4.79 Å². The van der Waals surface area contributed by atoms with Crippen LogP contribution in [0.5, 0.6) is 5.75 Å². The fraction of sp³-hybridized carbons (Fsp3) is 0.485. The van der Waals surface area contributed by atoms with E-state index in [1.54, 1.807) is 39.0 Å². The minimum atomic E-state index is -1.04. The standard InChI is InChI=1S/C33H45N3O5/c1-7-20-36(29(27-15-11-12-22(2)23(27)3)30(38)34-25-13-9-8-10-14-25)31(39)28(35-32(40)41-33(4,5)6)21-24-16-18-26(37)19-17-24/h7,11-12,15-19,25,28-29,37H,1,8-10,13-14,20-21H2,2-6H3,(H,34,38)(H,35,40). The summed E-state index contributed by atoms with van der Waals surface area (Å²) in [5, 5.41) is 15.7. The van der Waals surface area contributed by atoms with Crippen LogP contribution in [-0.4, -0.2) is 52.1 Å². The summed E-state index contributed by atoms with van der Waals surface area (Å²) in [6, 6.07) is 10.3.